The first kappa shape index (κ1) is 9.43. The fourth-order valence-corrected chi connectivity index (χ4v) is 3.49. The van der Waals surface area contributed by atoms with Gasteiger partial charge in [-0.25, -0.2) is 0 Å². The standard InChI is InChI=1S/C8H12N2OS2/c11-6-3-1-2-4-7(6)13-8-10-9-5-12-8/h5-7,11H,1-4H2/t6-,7-/m1/s1. The van der Waals surface area contributed by atoms with Gasteiger partial charge in [-0.05, 0) is 12.8 Å². The summed E-state index contributed by atoms with van der Waals surface area (Å²) < 4.78 is 0.978. The second kappa shape index (κ2) is 4.39. The summed E-state index contributed by atoms with van der Waals surface area (Å²) >= 11 is 3.22. The summed E-state index contributed by atoms with van der Waals surface area (Å²) in [6, 6.07) is 0. The highest BCUT2D eigenvalue weighted by Crippen LogP contribution is 2.34. The molecule has 1 aliphatic rings. The van der Waals surface area contributed by atoms with Crippen LogP contribution in [0.3, 0.4) is 0 Å². The van der Waals surface area contributed by atoms with Crippen molar-refractivity contribution >= 4 is 23.1 Å². The summed E-state index contributed by atoms with van der Waals surface area (Å²) in [6.07, 6.45) is 4.28. The molecule has 0 amide bonds. The van der Waals surface area contributed by atoms with E-state index >= 15 is 0 Å². The average Bonchev–Trinajstić information content (AvgIpc) is 2.61. The minimum absolute atomic E-state index is 0.150. The van der Waals surface area contributed by atoms with Gasteiger partial charge in [-0.15, -0.1) is 10.2 Å². The Morgan fingerprint density at radius 1 is 1.46 bits per heavy atom. The van der Waals surface area contributed by atoms with Gasteiger partial charge in [0.25, 0.3) is 0 Å². The van der Waals surface area contributed by atoms with Crippen molar-refractivity contribution < 1.29 is 5.11 Å². The Labute approximate surface area is 85.6 Å². The van der Waals surface area contributed by atoms with Crippen molar-refractivity contribution in [3.8, 4) is 0 Å². The number of aliphatic hydroxyl groups is 1. The number of aliphatic hydroxyl groups excluding tert-OH is 1. The molecule has 3 nitrogen and oxygen atoms in total. The van der Waals surface area contributed by atoms with E-state index in [9.17, 15) is 5.11 Å². The SMILES string of the molecule is O[C@@H]1CCCC[C@H]1Sc1nncs1. The van der Waals surface area contributed by atoms with Crippen LogP contribution in [0.5, 0.6) is 0 Å². The Bertz CT molecular complexity index is 253. The Balaban J connectivity index is 1.93. The molecule has 13 heavy (non-hydrogen) atoms. The van der Waals surface area contributed by atoms with E-state index in [1.165, 1.54) is 6.42 Å². The highest BCUT2D eigenvalue weighted by Gasteiger charge is 2.24. The Kier molecular flexibility index (Phi) is 3.18. The van der Waals surface area contributed by atoms with Gasteiger partial charge in [0.1, 0.15) is 5.51 Å². The fraction of sp³-hybridized carbons (Fsp3) is 0.750. The van der Waals surface area contributed by atoms with Crippen molar-refractivity contribution in [3.63, 3.8) is 0 Å². The summed E-state index contributed by atoms with van der Waals surface area (Å²) in [6.45, 7) is 0. The van der Waals surface area contributed by atoms with Gasteiger partial charge >= 0.3 is 0 Å². The lowest BCUT2D eigenvalue weighted by atomic mass is 9.97. The molecule has 1 fully saturated rings. The number of nitrogens with zero attached hydrogens (tertiary/aromatic N) is 2. The molecular weight excluding hydrogens is 204 g/mol. The topological polar surface area (TPSA) is 46.0 Å². The number of hydrogen-bond acceptors (Lipinski definition) is 5. The summed E-state index contributed by atoms with van der Waals surface area (Å²) in [5.74, 6) is 0. The van der Waals surface area contributed by atoms with E-state index in [1.807, 2.05) is 0 Å². The third-order valence-electron chi connectivity index (χ3n) is 2.26. The highest BCUT2D eigenvalue weighted by molar-refractivity contribution is 8.01. The molecular formula is C8H12N2OS2. The van der Waals surface area contributed by atoms with E-state index in [4.69, 9.17) is 0 Å². The molecule has 1 aliphatic carbocycles. The number of thioether (sulfide) groups is 1. The molecule has 0 radical (unpaired) electrons. The molecule has 1 heterocycles. The summed E-state index contributed by atoms with van der Waals surface area (Å²) in [7, 11) is 0. The van der Waals surface area contributed by atoms with Gasteiger partial charge in [-0.2, -0.15) is 0 Å². The maximum atomic E-state index is 9.70. The van der Waals surface area contributed by atoms with Crippen LogP contribution in [0.15, 0.2) is 9.85 Å². The molecule has 1 N–H and O–H groups in total. The van der Waals surface area contributed by atoms with Gasteiger partial charge in [-0.1, -0.05) is 35.9 Å². The lowest BCUT2D eigenvalue weighted by Gasteiger charge is -2.25. The van der Waals surface area contributed by atoms with E-state index < -0.39 is 0 Å². The fourth-order valence-electron chi connectivity index (χ4n) is 1.56. The molecule has 0 aliphatic heterocycles. The van der Waals surface area contributed by atoms with Gasteiger partial charge < -0.3 is 5.11 Å². The third kappa shape index (κ3) is 2.42. The van der Waals surface area contributed by atoms with Crippen LogP contribution >= 0.6 is 23.1 Å². The van der Waals surface area contributed by atoms with Crippen LogP contribution in [0.25, 0.3) is 0 Å². The molecule has 0 saturated heterocycles. The Morgan fingerprint density at radius 3 is 3.00 bits per heavy atom. The summed E-state index contributed by atoms with van der Waals surface area (Å²) in [5, 5.41) is 17.8. The summed E-state index contributed by atoms with van der Waals surface area (Å²) in [4.78, 5) is 0. The van der Waals surface area contributed by atoms with Crippen LogP contribution in [0.2, 0.25) is 0 Å². The minimum Gasteiger partial charge on any atom is -0.392 e. The van der Waals surface area contributed by atoms with E-state index in [0.717, 1.165) is 23.6 Å². The van der Waals surface area contributed by atoms with Gasteiger partial charge in [0.15, 0.2) is 4.34 Å². The zero-order chi connectivity index (χ0) is 9.10. The van der Waals surface area contributed by atoms with Crippen LogP contribution in [-0.4, -0.2) is 26.7 Å². The van der Waals surface area contributed by atoms with Crippen LogP contribution in [0.1, 0.15) is 25.7 Å². The molecule has 0 spiro atoms. The zero-order valence-corrected chi connectivity index (χ0v) is 8.85. The molecule has 0 bridgehead atoms. The number of hydrogen-bond donors (Lipinski definition) is 1. The quantitative estimate of drug-likeness (QED) is 0.820. The first-order chi connectivity index (χ1) is 6.36. The van der Waals surface area contributed by atoms with Gasteiger partial charge in [0.2, 0.25) is 0 Å². The number of aromatic nitrogens is 2. The van der Waals surface area contributed by atoms with E-state index in [2.05, 4.69) is 10.2 Å². The molecule has 1 saturated carbocycles. The predicted octanol–water partition coefficient (Wildman–Crippen LogP) is 1.93. The Morgan fingerprint density at radius 2 is 2.31 bits per heavy atom. The molecule has 0 aromatic carbocycles. The van der Waals surface area contributed by atoms with Gasteiger partial charge in [-0.3, -0.25) is 0 Å². The van der Waals surface area contributed by atoms with Crippen molar-refractivity contribution in [2.75, 3.05) is 0 Å². The van der Waals surface area contributed by atoms with Gasteiger partial charge in [0, 0.05) is 5.25 Å². The molecule has 1 aromatic heterocycles. The minimum atomic E-state index is -0.150. The largest absolute Gasteiger partial charge is 0.392 e. The molecule has 1 aromatic rings. The summed E-state index contributed by atoms with van der Waals surface area (Å²) in [5.41, 5.74) is 1.73. The lowest BCUT2D eigenvalue weighted by Crippen LogP contribution is -2.26. The van der Waals surface area contributed by atoms with Crippen LogP contribution in [0.4, 0.5) is 0 Å². The molecule has 2 rings (SSSR count). The monoisotopic (exact) mass is 216 g/mol. The second-order valence-electron chi connectivity index (χ2n) is 3.21. The Hall–Kier alpha value is -0.130. The van der Waals surface area contributed by atoms with Crippen molar-refractivity contribution in [3.05, 3.63) is 5.51 Å². The normalized spacial score (nSPS) is 29.0. The van der Waals surface area contributed by atoms with Crippen LogP contribution in [-0.2, 0) is 0 Å². The average molecular weight is 216 g/mol. The van der Waals surface area contributed by atoms with Crippen LogP contribution < -0.4 is 0 Å². The first-order valence-corrected chi connectivity index (χ1v) is 6.23. The molecule has 5 heteroatoms. The van der Waals surface area contributed by atoms with Crippen molar-refractivity contribution in [1.82, 2.24) is 10.2 Å². The highest BCUT2D eigenvalue weighted by atomic mass is 32.2. The smallest absolute Gasteiger partial charge is 0.174 e. The maximum Gasteiger partial charge on any atom is 0.174 e. The predicted molar refractivity (Wildman–Crippen MR) is 54.0 cm³/mol. The lowest BCUT2D eigenvalue weighted by molar-refractivity contribution is 0.137. The van der Waals surface area contributed by atoms with E-state index in [1.54, 1.807) is 28.6 Å². The first-order valence-electron chi connectivity index (χ1n) is 4.47. The number of rotatable bonds is 2. The molecule has 72 valence electrons. The van der Waals surface area contributed by atoms with Crippen molar-refractivity contribution in [2.24, 2.45) is 0 Å². The third-order valence-corrected chi connectivity index (χ3v) is 4.46. The maximum absolute atomic E-state index is 9.70. The molecule has 0 unspecified atom stereocenters. The van der Waals surface area contributed by atoms with Gasteiger partial charge in [0.05, 0.1) is 6.10 Å². The molecule has 2 atom stereocenters. The van der Waals surface area contributed by atoms with E-state index in [-0.39, 0.29) is 6.10 Å². The van der Waals surface area contributed by atoms with E-state index in [0.29, 0.717) is 5.25 Å². The zero-order valence-electron chi connectivity index (χ0n) is 7.22. The van der Waals surface area contributed by atoms with Crippen molar-refractivity contribution in [2.45, 2.75) is 41.4 Å². The second-order valence-corrected chi connectivity index (χ2v) is 5.53. The van der Waals surface area contributed by atoms with Crippen LogP contribution in [0, 0.1) is 0 Å². The van der Waals surface area contributed by atoms with Crippen molar-refractivity contribution in [1.29, 1.82) is 0 Å².